The van der Waals surface area contributed by atoms with Crippen LogP contribution in [0.2, 0.25) is 0 Å². The first-order valence-electron chi connectivity index (χ1n) is 5.14. The van der Waals surface area contributed by atoms with Crippen molar-refractivity contribution >= 4 is 33.0 Å². The Morgan fingerprint density at radius 1 is 1.41 bits per heavy atom. The van der Waals surface area contributed by atoms with Gasteiger partial charge < -0.3 is 4.55 Å². The predicted molar refractivity (Wildman–Crippen MR) is 74.2 cm³/mol. The van der Waals surface area contributed by atoms with Crippen molar-refractivity contribution in [1.29, 1.82) is 0 Å². The van der Waals surface area contributed by atoms with E-state index in [1.54, 1.807) is 19.1 Å². The maximum Gasteiger partial charge on any atom is 0.144 e. The molecule has 0 saturated carbocycles. The monoisotopic (exact) mass is 319 g/mol. The van der Waals surface area contributed by atoms with Gasteiger partial charge in [-0.05, 0) is 45.9 Å². The van der Waals surface area contributed by atoms with Crippen molar-refractivity contribution in [1.82, 2.24) is 0 Å². The molecule has 0 unspecified atom stereocenters. The highest BCUT2D eigenvalue weighted by Crippen LogP contribution is 2.21. The molecular weight excluding hydrogens is 305 g/mol. The number of rotatable bonds is 2. The molecule has 0 aliphatic heterocycles. The first-order chi connectivity index (χ1) is 7.71. The summed E-state index contributed by atoms with van der Waals surface area (Å²) in [7, 11) is 0. The zero-order valence-corrected chi connectivity index (χ0v) is 12.7. The number of hydrogen-bond donors (Lipinski definition) is 0. The van der Waals surface area contributed by atoms with E-state index in [2.05, 4.69) is 20.3 Å². The lowest BCUT2D eigenvalue weighted by molar-refractivity contribution is 0.561. The molecule has 0 aliphatic rings. The molecule has 94 valence electrons. The van der Waals surface area contributed by atoms with Crippen LogP contribution in [0.25, 0.3) is 0 Å². The molecule has 0 N–H and O–H groups in total. The molecule has 1 aromatic rings. The summed E-state index contributed by atoms with van der Waals surface area (Å²) in [6.45, 7) is 7.15. The summed E-state index contributed by atoms with van der Waals surface area (Å²) < 4.78 is 29.8. The van der Waals surface area contributed by atoms with Crippen LogP contribution >= 0.6 is 15.9 Å². The van der Waals surface area contributed by atoms with E-state index in [9.17, 15) is 8.94 Å². The Hall–Kier alpha value is -0.390. The van der Waals surface area contributed by atoms with Crippen LogP contribution in [0.1, 0.15) is 33.3 Å². The average molecular weight is 320 g/mol. The third-order valence-corrected chi connectivity index (χ3v) is 4.04. The average Bonchev–Trinajstić information content (AvgIpc) is 2.20. The van der Waals surface area contributed by atoms with Gasteiger partial charge in [-0.25, -0.2) is 4.39 Å². The summed E-state index contributed by atoms with van der Waals surface area (Å²) in [5.41, 5.74) is 0.814. The van der Waals surface area contributed by atoms with E-state index < -0.39 is 16.1 Å². The minimum Gasteiger partial charge on any atom is -0.591 e. The molecule has 2 nitrogen and oxygen atoms in total. The summed E-state index contributed by atoms with van der Waals surface area (Å²) in [5, 5.41) is 0. The molecule has 0 aliphatic carbocycles. The van der Waals surface area contributed by atoms with Crippen molar-refractivity contribution in [2.45, 2.75) is 32.4 Å². The van der Waals surface area contributed by atoms with Gasteiger partial charge in [0.1, 0.15) is 21.9 Å². The molecule has 0 heterocycles. The van der Waals surface area contributed by atoms with Crippen LogP contribution in [0.4, 0.5) is 4.39 Å². The van der Waals surface area contributed by atoms with Gasteiger partial charge in [0.05, 0.1) is 5.71 Å². The maximum atomic E-state index is 13.6. The highest BCUT2D eigenvalue weighted by molar-refractivity contribution is 9.10. The van der Waals surface area contributed by atoms with E-state index in [1.807, 2.05) is 20.8 Å². The molecular formula is C12H15BrFNOS. The van der Waals surface area contributed by atoms with Crippen LogP contribution < -0.4 is 0 Å². The summed E-state index contributed by atoms with van der Waals surface area (Å²) in [6, 6.07) is 4.61. The molecule has 0 aromatic heterocycles. The highest BCUT2D eigenvalue weighted by Gasteiger charge is 2.27. The van der Waals surface area contributed by atoms with Crippen LogP contribution in [-0.4, -0.2) is 15.0 Å². The maximum absolute atomic E-state index is 13.6. The van der Waals surface area contributed by atoms with Gasteiger partial charge in [0.25, 0.3) is 0 Å². The lowest BCUT2D eigenvalue weighted by Gasteiger charge is -2.18. The Labute approximate surface area is 113 Å². The third kappa shape index (κ3) is 4.08. The highest BCUT2D eigenvalue weighted by atomic mass is 79.9. The summed E-state index contributed by atoms with van der Waals surface area (Å²) in [6.07, 6.45) is 0. The first-order valence-corrected chi connectivity index (χ1v) is 7.04. The smallest absolute Gasteiger partial charge is 0.144 e. The van der Waals surface area contributed by atoms with Crippen molar-refractivity contribution in [2.24, 2.45) is 4.40 Å². The van der Waals surface area contributed by atoms with Gasteiger partial charge in [0.2, 0.25) is 0 Å². The Bertz CT molecular complexity index is 443. The number of benzene rings is 1. The fraction of sp³-hybridized carbons (Fsp3) is 0.417. The molecule has 0 bridgehead atoms. The van der Waals surface area contributed by atoms with Crippen molar-refractivity contribution in [3.05, 3.63) is 34.1 Å². The zero-order valence-electron chi connectivity index (χ0n) is 10.3. The lowest BCUT2D eigenvalue weighted by atomic mass is 10.1. The molecule has 5 heteroatoms. The summed E-state index contributed by atoms with van der Waals surface area (Å²) >= 11 is 1.90. The second-order valence-corrected chi connectivity index (χ2v) is 7.48. The number of nitrogens with zero attached hydrogens (tertiary/aromatic N) is 1. The Balaban J connectivity index is 3.08. The van der Waals surface area contributed by atoms with Crippen LogP contribution in [-0.2, 0) is 11.4 Å². The molecule has 0 radical (unpaired) electrons. The van der Waals surface area contributed by atoms with Gasteiger partial charge in [0, 0.05) is 10.0 Å². The quantitative estimate of drug-likeness (QED) is 0.602. The van der Waals surface area contributed by atoms with Crippen LogP contribution in [0.3, 0.4) is 0 Å². The Morgan fingerprint density at radius 2 is 2.00 bits per heavy atom. The van der Waals surface area contributed by atoms with E-state index in [-0.39, 0.29) is 5.82 Å². The predicted octanol–water partition coefficient (Wildman–Crippen LogP) is 3.86. The normalized spacial score (nSPS) is 14.9. The fourth-order valence-corrected chi connectivity index (χ4v) is 2.07. The van der Waals surface area contributed by atoms with Gasteiger partial charge >= 0.3 is 0 Å². The third-order valence-electron chi connectivity index (χ3n) is 2.06. The first kappa shape index (κ1) is 14.7. The van der Waals surface area contributed by atoms with Crippen molar-refractivity contribution in [3.63, 3.8) is 0 Å². The van der Waals surface area contributed by atoms with Crippen LogP contribution in [0.5, 0.6) is 0 Å². The second kappa shape index (κ2) is 5.50. The molecule has 1 rings (SSSR count). The van der Waals surface area contributed by atoms with E-state index in [0.29, 0.717) is 11.3 Å². The summed E-state index contributed by atoms with van der Waals surface area (Å²) in [5.74, 6) is -0.361. The van der Waals surface area contributed by atoms with Crippen molar-refractivity contribution in [3.8, 4) is 0 Å². The standard InChI is InChI=1S/C12H15BrFNOS/c1-8(15-17(16)12(2,3)4)10-7-9(13)5-6-11(10)14/h5-7H,1-4H3/b15-8+/t17-/m0/s1. The number of hydrogen-bond acceptors (Lipinski definition) is 2. The van der Waals surface area contributed by atoms with E-state index in [1.165, 1.54) is 6.07 Å². The van der Waals surface area contributed by atoms with Crippen molar-refractivity contribution < 1.29 is 8.94 Å². The van der Waals surface area contributed by atoms with E-state index >= 15 is 0 Å². The molecule has 0 spiro atoms. The fourth-order valence-electron chi connectivity index (χ4n) is 1.09. The number of halogens is 2. The van der Waals surface area contributed by atoms with Crippen LogP contribution in [0.15, 0.2) is 27.1 Å². The summed E-state index contributed by atoms with van der Waals surface area (Å²) in [4.78, 5) is 0. The van der Waals surface area contributed by atoms with E-state index in [0.717, 1.165) is 4.47 Å². The van der Waals surface area contributed by atoms with Crippen LogP contribution in [0, 0.1) is 5.82 Å². The molecule has 1 atom stereocenters. The molecule has 0 fully saturated rings. The van der Waals surface area contributed by atoms with Gasteiger partial charge in [-0.15, -0.1) is 0 Å². The SMILES string of the molecule is C/C(=N\[S@@+]([O-])C(C)(C)C)c1cc(Br)ccc1F. The topological polar surface area (TPSA) is 35.4 Å². The van der Waals surface area contributed by atoms with Gasteiger partial charge in [-0.3, -0.25) is 0 Å². The van der Waals surface area contributed by atoms with Gasteiger partial charge in [-0.2, -0.15) is 0 Å². The van der Waals surface area contributed by atoms with Gasteiger partial charge in [-0.1, -0.05) is 20.3 Å². The second-order valence-electron chi connectivity index (χ2n) is 4.66. The minimum atomic E-state index is -1.38. The molecule has 1 aromatic carbocycles. The van der Waals surface area contributed by atoms with Gasteiger partial charge in [0.15, 0.2) is 0 Å². The van der Waals surface area contributed by atoms with E-state index in [4.69, 9.17) is 0 Å². The van der Waals surface area contributed by atoms with Crippen molar-refractivity contribution in [2.75, 3.05) is 0 Å². The molecule has 17 heavy (non-hydrogen) atoms. The Kier molecular flexibility index (Phi) is 4.75. The largest absolute Gasteiger partial charge is 0.591 e. The zero-order chi connectivity index (χ0) is 13.2. The Morgan fingerprint density at radius 3 is 2.53 bits per heavy atom. The lowest BCUT2D eigenvalue weighted by Crippen LogP contribution is -2.26. The molecule has 0 saturated heterocycles. The minimum absolute atomic E-state index is 0.361. The molecule has 0 amide bonds.